The standard InChI is InChI=1S/C17H17F4N3S/c1-16(2)8-7-9-10(16)5-4-6-11(9)22-15(25)12-13(17(19,20)21)23-24(3)14(12)18/h4-6H,7-8H2,1-3H3,(H,22,25). The first-order chi connectivity index (χ1) is 11.5. The molecule has 25 heavy (non-hydrogen) atoms. The summed E-state index contributed by atoms with van der Waals surface area (Å²) >= 11 is 5.08. The molecule has 3 rings (SSSR count). The zero-order valence-corrected chi connectivity index (χ0v) is 14.8. The molecule has 0 bridgehead atoms. The van der Waals surface area contributed by atoms with Gasteiger partial charge in [-0.3, -0.25) is 0 Å². The summed E-state index contributed by atoms with van der Waals surface area (Å²) in [4.78, 5) is -0.323. The van der Waals surface area contributed by atoms with Gasteiger partial charge in [0, 0.05) is 12.7 Å². The van der Waals surface area contributed by atoms with E-state index in [1.165, 1.54) is 0 Å². The Balaban J connectivity index is 2.00. The number of fused-ring (bicyclic) bond motifs is 1. The molecule has 0 saturated carbocycles. The second kappa shape index (κ2) is 5.79. The van der Waals surface area contributed by atoms with E-state index in [2.05, 4.69) is 24.3 Å². The molecule has 3 nitrogen and oxygen atoms in total. The van der Waals surface area contributed by atoms with Crippen LogP contribution in [0.3, 0.4) is 0 Å². The summed E-state index contributed by atoms with van der Waals surface area (Å²) in [5, 5.41) is 6.03. The highest BCUT2D eigenvalue weighted by atomic mass is 32.1. The minimum atomic E-state index is -4.79. The number of benzene rings is 1. The van der Waals surface area contributed by atoms with Crippen molar-refractivity contribution >= 4 is 22.9 Å². The van der Waals surface area contributed by atoms with Gasteiger partial charge in [0.2, 0.25) is 5.95 Å². The predicted octanol–water partition coefficient (Wildman–Crippen LogP) is 4.59. The maximum absolute atomic E-state index is 14.2. The highest BCUT2D eigenvalue weighted by Crippen LogP contribution is 2.41. The van der Waals surface area contributed by atoms with Gasteiger partial charge in [-0.25, -0.2) is 4.68 Å². The van der Waals surface area contributed by atoms with E-state index >= 15 is 0 Å². The summed E-state index contributed by atoms with van der Waals surface area (Å²) < 4.78 is 54.1. The van der Waals surface area contributed by atoms with E-state index in [4.69, 9.17) is 12.2 Å². The summed E-state index contributed by atoms with van der Waals surface area (Å²) in [5.74, 6) is -1.11. The minimum absolute atomic E-state index is 0.00861. The topological polar surface area (TPSA) is 29.9 Å². The summed E-state index contributed by atoms with van der Waals surface area (Å²) in [6.07, 6.45) is -3.07. The van der Waals surface area contributed by atoms with Crippen molar-refractivity contribution in [2.75, 3.05) is 5.32 Å². The summed E-state index contributed by atoms with van der Waals surface area (Å²) in [6, 6.07) is 5.57. The van der Waals surface area contributed by atoms with Gasteiger partial charge >= 0.3 is 6.18 Å². The highest BCUT2D eigenvalue weighted by Gasteiger charge is 2.41. The molecule has 0 amide bonds. The maximum Gasteiger partial charge on any atom is 0.435 e. The molecule has 0 spiro atoms. The number of anilines is 1. The number of halogens is 4. The molecule has 0 radical (unpaired) electrons. The zero-order valence-electron chi connectivity index (χ0n) is 14.0. The molecule has 1 aliphatic carbocycles. The van der Waals surface area contributed by atoms with Gasteiger partial charge in [0.1, 0.15) is 4.99 Å². The van der Waals surface area contributed by atoms with Crippen LogP contribution in [-0.4, -0.2) is 14.8 Å². The van der Waals surface area contributed by atoms with Crippen LogP contribution in [-0.2, 0) is 25.1 Å². The smallest absolute Gasteiger partial charge is 0.346 e. The second-order valence-electron chi connectivity index (χ2n) is 6.81. The van der Waals surface area contributed by atoms with E-state index in [0.29, 0.717) is 10.4 Å². The molecule has 1 aromatic heterocycles. The third kappa shape index (κ3) is 3.03. The number of alkyl halides is 3. The molecule has 1 heterocycles. The first kappa shape index (κ1) is 17.8. The van der Waals surface area contributed by atoms with Crippen molar-refractivity contribution in [1.82, 2.24) is 9.78 Å². The van der Waals surface area contributed by atoms with Crippen molar-refractivity contribution < 1.29 is 17.6 Å². The number of aryl methyl sites for hydroxylation is 1. The van der Waals surface area contributed by atoms with Crippen LogP contribution in [0.4, 0.5) is 23.2 Å². The number of rotatable bonds is 2. The summed E-state index contributed by atoms with van der Waals surface area (Å²) in [6.45, 7) is 4.23. The maximum atomic E-state index is 14.2. The van der Waals surface area contributed by atoms with Gasteiger partial charge in [-0.1, -0.05) is 38.2 Å². The van der Waals surface area contributed by atoms with Crippen LogP contribution in [0.15, 0.2) is 18.2 Å². The third-order valence-electron chi connectivity index (χ3n) is 4.63. The van der Waals surface area contributed by atoms with Crippen molar-refractivity contribution in [3.63, 3.8) is 0 Å². The van der Waals surface area contributed by atoms with Crippen LogP contribution in [0.2, 0.25) is 0 Å². The largest absolute Gasteiger partial charge is 0.435 e. The first-order valence-electron chi connectivity index (χ1n) is 7.76. The fourth-order valence-corrected chi connectivity index (χ4v) is 3.56. The lowest BCUT2D eigenvalue weighted by Crippen LogP contribution is -2.19. The molecule has 8 heteroatoms. The summed E-state index contributed by atoms with van der Waals surface area (Å²) in [5.41, 5.74) is 0.698. The first-order valence-corrected chi connectivity index (χ1v) is 8.16. The third-order valence-corrected chi connectivity index (χ3v) is 4.93. The van der Waals surface area contributed by atoms with E-state index in [9.17, 15) is 17.6 Å². The van der Waals surface area contributed by atoms with Crippen molar-refractivity contribution in [3.05, 3.63) is 46.5 Å². The molecular formula is C17H17F4N3S. The lowest BCUT2D eigenvalue weighted by Gasteiger charge is -2.19. The zero-order chi connectivity index (χ0) is 18.6. The van der Waals surface area contributed by atoms with Gasteiger partial charge < -0.3 is 5.32 Å². The lowest BCUT2D eigenvalue weighted by atomic mass is 9.86. The van der Waals surface area contributed by atoms with Crippen LogP contribution >= 0.6 is 12.2 Å². The van der Waals surface area contributed by atoms with E-state index in [1.807, 2.05) is 12.1 Å². The SMILES string of the molecule is Cn1nc(C(F)(F)F)c(C(=S)Nc2cccc3c2CCC3(C)C)c1F. The van der Waals surface area contributed by atoms with Gasteiger partial charge in [-0.2, -0.15) is 22.7 Å². The minimum Gasteiger partial charge on any atom is -0.346 e. The van der Waals surface area contributed by atoms with Gasteiger partial charge in [-0.15, -0.1) is 0 Å². The van der Waals surface area contributed by atoms with Crippen molar-refractivity contribution in [2.24, 2.45) is 7.05 Å². The van der Waals surface area contributed by atoms with E-state index in [0.717, 1.165) is 31.0 Å². The molecule has 134 valence electrons. The average molecular weight is 371 g/mol. The van der Waals surface area contributed by atoms with Gasteiger partial charge in [0.15, 0.2) is 5.69 Å². The molecule has 0 atom stereocenters. The molecule has 0 unspecified atom stereocenters. The van der Waals surface area contributed by atoms with Crippen LogP contribution in [0, 0.1) is 5.95 Å². The molecule has 2 aromatic rings. The Morgan fingerprint density at radius 1 is 1.32 bits per heavy atom. The summed E-state index contributed by atoms with van der Waals surface area (Å²) in [7, 11) is 1.11. The molecule has 0 fully saturated rings. The fourth-order valence-electron chi connectivity index (χ4n) is 3.27. The van der Waals surface area contributed by atoms with E-state index in [1.54, 1.807) is 6.07 Å². The molecule has 1 aromatic carbocycles. The van der Waals surface area contributed by atoms with Crippen LogP contribution in [0.1, 0.15) is 42.7 Å². The van der Waals surface area contributed by atoms with Gasteiger partial charge in [0.25, 0.3) is 0 Å². The number of aromatic nitrogens is 2. The number of hydrogen-bond acceptors (Lipinski definition) is 2. The van der Waals surface area contributed by atoms with Crippen LogP contribution in [0.25, 0.3) is 0 Å². The number of nitrogens with one attached hydrogen (secondary N) is 1. The fraction of sp³-hybridized carbons (Fsp3) is 0.412. The highest BCUT2D eigenvalue weighted by molar-refractivity contribution is 7.81. The van der Waals surface area contributed by atoms with E-state index in [-0.39, 0.29) is 10.4 Å². The number of hydrogen-bond donors (Lipinski definition) is 1. The Hall–Kier alpha value is -1.96. The van der Waals surface area contributed by atoms with E-state index < -0.39 is 23.4 Å². The predicted molar refractivity (Wildman–Crippen MR) is 91.3 cm³/mol. The number of thiocarbonyl (C=S) groups is 1. The van der Waals surface area contributed by atoms with Crippen LogP contribution < -0.4 is 5.32 Å². The van der Waals surface area contributed by atoms with Crippen LogP contribution in [0.5, 0.6) is 0 Å². The number of nitrogens with zero attached hydrogens (tertiary/aromatic N) is 2. The molecule has 0 aliphatic heterocycles. The Morgan fingerprint density at radius 2 is 2.00 bits per heavy atom. The second-order valence-corrected chi connectivity index (χ2v) is 7.21. The Morgan fingerprint density at radius 3 is 2.64 bits per heavy atom. The Labute approximate surface area is 148 Å². The van der Waals surface area contributed by atoms with Gasteiger partial charge in [-0.05, 0) is 35.4 Å². The lowest BCUT2D eigenvalue weighted by molar-refractivity contribution is -0.141. The average Bonchev–Trinajstić information content (AvgIpc) is 2.98. The normalized spacial score (nSPS) is 16.0. The Bertz CT molecular complexity index is 852. The van der Waals surface area contributed by atoms with Crippen molar-refractivity contribution in [2.45, 2.75) is 38.3 Å². The Kier molecular flexibility index (Phi) is 4.14. The molecular weight excluding hydrogens is 354 g/mol. The van der Waals surface area contributed by atoms with Crippen molar-refractivity contribution in [1.29, 1.82) is 0 Å². The van der Waals surface area contributed by atoms with Crippen molar-refractivity contribution in [3.8, 4) is 0 Å². The molecule has 1 N–H and O–H groups in total. The monoisotopic (exact) mass is 371 g/mol. The van der Waals surface area contributed by atoms with Gasteiger partial charge in [0.05, 0.1) is 5.56 Å². The molecule has 1 aliphatic rings. The molecule has 0 saturated heterocycles. The quantitative estimate of drug-likeness (QED) is 0.619.